The second kappa shape index (κ2) is 25.6. The summed E-state index contributed by atoms with van der Waals surface area (Å²) in [5.74, 6) is 0. The molecule has 4 fully saturated rings. The standard InChI is InChI=1S/2C12H23P.2C2H6Si.Pd/c2*1-3-7-11(8-4-1)13-12-9-5-2-6-10-12;2*1-3-2;/h2*11-13H,1-10H2;2*1-2H3;. The fourth-order valence-electron chi connectivity index (χ4n) is 5.74. The van der Waals surface area contributed by atoms with Gasteiger partial charge in [0.05, 0.1) is 0 Å². The van der Waals surface area contributed by atoms with Crippen LogP contribution in [0, 0.1) is 0 Å². The van der Waals surface area contributed by atoms with E-state index in [4.69, 9.17) is 0 Å². The van der Waals surface area contributed by atoms with E-state index in [-0.39, 0.29) is 20.4 Å². The van der Waals surface area contributed by atoms with Crippen LogP contribution in [0.15, 0.2) is 0 Å². The monoisotopic (exact) mass is 618 g/mol. The van der Waals surface area contributed by atoms with Crippen molar-refractivity contribution in [3.63, 3.8) is 0 Å². The van der Waals surface area contributed by atoms with Crippen molar-refractivity contribution in [2.24, 2.45) is 0 Å². The van der Waals surface area contributed by atoms with Crippen LogP contribution in [0.3, 0.4) is 0 Å². The normalized spacial score (nSPS) is 22.9. The molecule has 198 valence electrons. The zero-order valence-electron chi connectivity index (χ0n) is 22.8. The Morgan fingerprint density at radius 2 is 0.515 bits per heavy atom. The van der Waals surface area contributed by atoms with E-state index >= 15 is 0 Å². The first-order valence-corrected chi connectivity index (χ1v) is 20.7. The van der Waals surface area contributed by atoms with Crippen LogP contribution in [0.5, 0.6) is 0 Å². The molecule has 4 rings (SSSR count). The maximum atomic E-state index is 2.15. The second-order valence-corrected chi connectivity index (χ2v) is 16.6. The molecular weight excluding hydrogens is 561 g/mol. The van der Waals surface area contributed by atoms with E-state index in [1.54, 1.807) is 51.4 Å². The zero-order chi connectivity index (χ0) is 23.3. The molecule has 33 heavy (non-hydrogen) atoms. The van der Waals surface area contributed by atoms with Crippen LogP contribution in [-0.2, 0) is 20.4 Å². The summed E-state index contributed by atoms with van der Waals surface area (Å²) in [6.07, 6.45) is 30.9. The van der Waals surface area contributed by atoms with Crippen LogP contribution in [0.1, 0.15) is 128 Å². The van der Waals surface area contributed by atoms with Gasteiger partial charge in [-0.3, -0.25) is 0 Å². The summed E-state index contributed by atoms with van der Waals surface area (Å²) >= 11 is 0. The SMILES string of the molecule is C1CCC(PC2CCCCC2)CC1.C1CCC(PC2CCCCC2)CC1.C[Si]C.C[Si]C.[Pd]. The minimum atomic E-state index is 0. The van der Waals surface area contributed by atoms with Crippen molar-refractivity contribution in [2.75, 3.05) is 0 Å². The molecule has 4 radical (unpaired) electrons. The fourth-order valence-corrected chi connectivity index (χ4v) is 10.0. The summed E-state index contributed by atoms with van der Waals surface area (Å²) in [5, 5.41) is 0. The summed E-state index contributed by atoms with van der Waals surface area (Å²) in [6.45, 7) is 8.61. The maximum Gasteiger partial charge on any atom is 0.0307 e. The Hall–Kier alpha value is 1.96. The van der Waals surface area contributed by atoms with Gasteiger partial charge in [-0.05, 0) is 74.0 Å². The molecule has 0 heterocycles. The summed E-state index contributed by atoms with van der Waals surface area (Å²) in [7, 11) is 4.83. The van der Waals surface area contributed by atoms with E-state index in [0.717, 1.165) is 41.7 Å². The molecule has 0 aromatic carbocycles. The molecule has 0 aromatic heterocycles. The van der Waals surface area contributed by atoms with E-state index in [2.05, 4.69) is 26.2 Å². The van der Waals surface area contributed by atoms with Gasteiger partial charge in [-0.25, -0.2) is 0 Å². The number of rotatable bonds is 4. The van der Waals surface area contributed by atoms with Gasteiger partial charge in [0.2, 0.25) is 0 Å². The molecular formula is C28H58P2PdSi2. The van der Waals surface area contributed by atoms with Crippen LogP contribution in [-0.4, -0.2) is 41.7 Å². The maximum absolute atomic E-state index is 2.15. The Balaban J connectivity index is 0.000000491. The molecule has 0 aliphatic heterocycles. The van der Waals surface area contributed by atoms with Gasteiger partial charge < -0.3 is 0 Å². The van der Waals surface area contributed by atoms with E-state index in [1.807, 2.05) is 0 Å². The Morgan fingerprint density at radius 1 is 0.364 bits per heavy atom. The predicted molar refractivity (Wildman–Crippen MR) is 159 cm³/mol. The topological polar surface area (TPSA) is 0 Å². The third-order valence-electron chi connectivity index (χ3n) is 7.36. The average molecular weight is 619 g/mol. The molecule has 0 spiro atoms. The van der Waals surface area contributed by atoms with Crippen LogP contribution >= 0.6 is 17.2 Å². The molecule has 4 aliphatic rings. The van der Waals surface area contributed by atoms with Crippen LogP contribution in [0.2, 0.25) is 26.2 Å². The van der Waals surface area contributed by atoms with E-state index in [9.17, 15) is 0 Å². The quantitative estimate of drug-likeness (QED) is 0.217. The first kappa shape index (κ1) is 35.0. The molecule has 0 unspecified atom stereocenters. The van der Waals surface area contributed by atoms with Crippen molar-refractivity contribution in [2.45, 2.75) is 177 Å². The first-order chi connectivity index (χ1) is 15.7. The van der Waals surface area contributed by atoms with Gasteiger partial charge in [0, 0.05) is 39.5 Å². The predicted octanol–water partition coefficient (Wildman–Crippen LogP) is 10.2. The Kier molecular flexibility index (Phi) is 27.1. The van der Waals surface area contributed by atoms with E-state index in [1.165, 1.54) is 94.2 Å². The molecule has 0 amide bonds. The Morgan fingerprint density at radius 3 is 0.667 bits per heavy atom. The number of hydrogen-bond acceptors (Lipinski definition) is 0. The molecule has 0 saturated heterocycles. The average Bonchev–Trinajstić information content (AvgIpc) is 2.83. The van der Waals surface area contributed by atoms with Crippen molar-refractivity contribution in [3.05, 3.63) is 0 Å². The fraction of sp³-hybridized carbons (Fsp3) is 1.00. The molecule has 0 aromatic rings. The van der Waals surface area contributed by atoms with Crippen molar-refractivity contribution in [1.29, 1.82) is 0 Å². The van der Waals surface area contributed by atoms with Gasteiger partial charge in [0.1, 0.15) is 0 Å². The zero-order valence-corrected chi connectivity index (χ0v) is 28.3. The molecule has 5 heteroatoms. The van der Waals surface area contributed by atoms with Gasteiger partial charge >= 0.3 is 0 Å². The molecule has 4 aliphatic carbocycles. The Bertz CT molecular complexity index is 308. The van der Waals surface area contributed by atoms with Gasteiger partial charge in [-0.15, -0.1) is 17.2 Å². The minimum absolute atomic E-state index is 0. The molecule has 4 saturated carbocycles. The third kappa shape index (κ3) is 19.7. The Labute approximate surface area is 232 Å². The summed E-state index contributed by atoms with van der Waals surface area (Å²) in [5.41, 5.74) is 4.60. The second-order valence-electron chi connectivity index (χ2n) is 10.7. The summed E-state index contributed by atoms with van der Waals surface area (Å²) < 4.78 is 0. The van der Waals surface area contributed by atoms with Gasteiger partial charge in [0.15, 0.2) is 0 Å². The smallest absolute Gasteiger partial charge is 0.0307 e. The summed E-state index contributed by atoms with van der Waals surface area (Å²) in [4.78, 5) is 0. The molecule has 0 N–H and O–H groups in total. The van der Waals surface area contributed by atoms with E-state index < -0.39 is 0 Å². The van der Waals surface area contributed by atoms with E-state index in [0.29, 0.717) is 0 Å². The first-order valence-electron chi connectivity index (χ1n) is 14.4. The molecule has 0 atom stereocenters. The minimum Gasteiger partial charge on any atom is -0.116 e. The van der Waals surface area contributed by atoms with Crippen molar-refractivity contribution >= 4 is 36.2 Å². The largest absolute Gasteiger partial charge is 0.116 e. The number of hydrogen-bond donors (Lipinski definition) is 0. The van der Waals surface area contributed by atoms with Gasteiger partial charge in [-0.2, -0.15) is 0 Å². The van der Waals surface area contributed by atoms with Crippen molar-refractivity contribution < 1.29 is 20.4 Å². The van der Waals surface area contributed by atoms with Crippen LogP contribution in [0.4, 0.5) is 0 Å². The van der Waals surface area contributed by atoms with Gasteiger partial charge in [-0.1, -0.05) is 103 Å². The molecule has 0 nitrogen and oxygen atoms in total. The van der Waals surface area contributed by atoms with Crippen LogP contribution < -0.4 is 0 Å². The van der Waals surface area contributed by atoms with Crippen LogP contribution in [0.25, 0.3) is 0 Å². The third-order valence-corrected chi connectivity index (χ3v) is 11.6. The van der Waals surface area contributed by atoms with Gasteiger partial charge in [0.25, 0.3) is 0 Å². The van der Waals surface area contributed by atoms with Crippen molar-refractivity contribution in [3.8, 4) is 0 Å². The summed E-state index contributed by atoms with van der Waals surface area (Å²) in [6, 6.07) is 0. The molecule has 0 bridgehead atoms. The van der Waals surface area contributed by atoms with Crippen molar-refractivity contribution in [1.82, 2.24) is 0 Å².